The predicted octanol–water partition coefficient (Wildman–Crippen LogP) is 1.78. The molecule has 9 heteroatoms. The van der Waals surface area contributed by atoms with Crippen molar-refractivity contribution in [2.45, 2.75) is 25.2 Å². The normalized spacial score (nSPS) is 23.4. The summed E-state index contributed by atoms with van der Waals surface area (Å²) >= 11 is 5.28. The minimum absolute atomic E-state index is 0.388. The summed E-state index contributed by atoms with van der Waals surface area (Å²) in [5.41, 5.74) is -3.58. The number of hydrogen-bond acceptors (Lipinski definition) is 3. The summed E-state index contributed by atoms with van der Waals surface area (Å²) in [6, 6.07) is 0. The van der Waals surface area contributed by atoms with E-state index in [1.54, 1.807) is 0 Å². The van der Waals surface area contributed by atoms with Crippen LogP contribution in [0.1, 0.15) is 6.92 Å². The molecule has 0 radical (unpaired) electrons. The average molecular weight is 272 g/mol. The summed E-state index contributed by atoms with van der Waals surface area (Å²) < 4.78 is 51.8. The fraction of sp³-hybridized carbons (Fsp3) is 0.500. The van der Waals surface area contributed by atoms with Gasteiger partial charge in [-0.05, 0) is 6.92 Å². The largest absolute Gasteiger partial charge is 0.412 e. The minimum Gasteiger partial charge on any atom is -0.340 e. The van der Waals surface area contributed by atoms with Crippen molar-refractivity contribution in [2.24, 2.45) is 0 Å². The van der Waals surface area contributed by atoms with Gasteiger partial charge in [0, 0.05) is 0 Å². The van der Waals surface area contributed by atoms with Gasteiger partial charge in [-0.15, -0.1) is 0 Å². The summed E-state index contributed by atoms with van der Waals surface area (Å²) in [6.07, 6.45) is -4.60. The Bertz CT molecular complexity index is 541. The monoisotopic (exact) mass is 271 g/mol. The van der Waals surface area contributed by atoms with Crippen molar-refractivity contribution in [3.8, 4) is 0 Å². The summed E-state index contributed by atoms with van der Waals surface area (Å²) in [6.45, 7) is 0.110. The number of nitrogens with one attached hydrogen (secondary N) is 1. The maximum atomic E-state index is 13.1. The number of fused-ring (bicyclic) bond motifs is 1. The SMILES string of the molecule is C[C@@]1(C(F)(F)F)Cn2c(nc(Cl)c(F)c2=O)N1. The Morgan fingerprint density at radius 1 is 1.53 bits per heavy atom. The molecule has 2 rings (SSSR count). The maximum Gasteiger partial charge on any atom is 0.412 e. The van der Waals surface area contributed by atoms with Crippen LogP contribution in [0.3, 0.4) is 0 Å². The molecule has 1 atom stereocenters. The molecule has 4 nitrogen and oxygen atoms in total. The smallest absolute Gasteiger partial charge is 0.340 e. The highest BCUT2D eigenvalue weighted by molar-refractivity contribution is 6.29. The molecule has 1 aromatic heterocycles. The van der Waals surface area contributed by atoms with Crippen LogP contribution in [0, 0.1) is 5.82 Å². The van der Waals surface area contributed by atoms with Gasteiger partial charge >= 0.3 is 6.18 Å². The van der Waals surface area contributed by atoms with Gasteiger partial charge < -0.3 is 5.32 Å². The van der Waals surface area contributed by atoms with Crippen LogP contribution in [0.4, 0.5) is 23.5 Å². The number of aromatic nitrogens is 2. The molecule has 94 valence electrons. The molecule has 0 saturated heterocycles. The van der Waals surface area contributed by atoms with Crippen LogP contribution in [0.25, 0.3) is 0 Å². The molecule has 1 N–H and O–H groups in total. The third-order valence-corrected chi connectivity index (χ3v) is 2.81. The summed E-state index contributed by atoms with van der Waals surface area (Å²) in [5, 5.41) is 1.29. The molecule has 1 aliphatic heterocycles. The molecule has 0 unspecified atom stereocenters. The van der Waals surface area contributed by atoms with E-state index < -0.39 is 34.8 Å². The Hall–Kier alpha value is -1.31. The lowest BCUT2D eigenvalue weighted by atomic mass is 10.0. The van der Waals surface area contributed by atoms with Crippen LogP contribution >= 0.6 is 11.6 Å². The molecular weight excluding hydrogens is 266 g/mol. The van der Waals surface area contributed by atoms with Crippen LogP contribution in [0.15, 0.2) is 4.79 Å². The standard InChI is InChI=1S/C8H6ClF4N3O/c1-7(8(11,12)13)2-16-5(17)3(10)4(9)14-6(16)15-7/h2H2,1H3,(H,14,15)/t7-/m0/s1. The van der Waals surface area contributed by atoms with E-state index in [1.165, 1.54) is 0 Å². The first-order chi connectivity index (χ1) is 7.66. The van der Waals surface area contributed by atoms with Gasteiger partial charge in [0.2, 0.25) is 11.8 Å². The third kappa shape index (κ3) is 1.67. The lowest BCUT2D eigenvalue weighted by Crippen LogP contribution is -2.48. The van der Waals surface area contributed by atoms with E-state index in [0.29, 0.717) is 4.57 Å². The van der Waals surface area contributed by atoms with E-state index in [1.807, 2.05) is 5.32 Å². The quantitative estimate of drug-likeness (QED) is 0.578. The van der Waals surface area contributed by atoms with E-state index in [2.05, 4.69) is 4.98 Å². The van der Waals surface area contributed by atoms with Gasteiger partial charge in [0.25, 0.3) is 5.56 Å². The third-order valence-electron chi connectivity index (χ3n) is 2.56. The summed E-state index contributed by atoms with van der Waals surface area (Å²) in [5.74, 6) is -1.75. The van der Waals surface area contributed by atoms with Gasteiger partial charge in [0.15, 0.2) is 10.7 Å². The first-order valence-corrected chi connectivity index (χ1v) is 4.84. The van der Waals surface area contributed by atoms with Crippen molar-refractivity contribution in [1.82, 2.24) is 9.55 Å². The van der Waals surface area contributed by atoms with Crippen LogP contribution in [-0.2, 0) is 6.54 Å². The van der Waals surface area contributed by atoms with E-state index >= 15 is 0 Å². The summed E-state index contributed by atoms with van der Waals surface area (Å²) in [7, 11) is 0. The van der Waals surface area contributed by atoms with Crippen LogP contribution in [-0.4, -0.2) is 21.3 Å². The molecule has 2 heterocycles. The second kappa shape index (κ2) is 3.34. The molecule has 0 aromatic carbocycles. The summed E-state index contributed by atoms with van der Waals surface area (Å²) in [4.78, 5) is 14.7. The average Bonchev–Trinajstić information content (AvgIpc) is 2.52. The van der Waals surface area contributed by atoms with Gasteiger partial charge in [-0.2, -0.15) is 22.5 Å². The highest BCUT2D eigenvalue weighted by atomic mass is 35.5. The highest BCUT2D eigenvalue weighted by Gasteiger charge is 2.55. The predicted molar refractivity (Wildman–Crippen MR) is 51.5 cm³/mol. The van der Waals surface area contributed by atoms with Gasteiger partial charge in [-0.1, -0.05) is 11.6 Å². The Morgan fingerprint density at radius 3 is 2.65 bits per heavy atom. The molecule has 17 heavy (non-hydrogen) atoms. The number of anilines is 1. The zero-order valence-corrected chi connectivity index (χ0v) is 9.16. The highest BCUT2D eigenvalue weighted by Crippen LogP contribution is 2.38. The number of hydrogen-bond donors (Lipinski definition) is 1. The Labute approximate surface area is 97.2 Å². The van der Waals surface area contributed by atoms with Crippen LogP contribution < -0.4 is 10.9 Å². The number of nitrogens with zero attached hydrogens (tertiary/aromatic N) is 2. The first kappa shape index (κ1) is 12.2. The van der Waals surface area contributed by atoms with E-state index in [-0.39, 0.29) is 5.95 Å². The van der Waals surface area contributed by atoms with Crippen molar-refractivity contribution in [1.29, 1.82) is 0 Å². The lowest BCUT2D eigenvalue weighted by Gasteiger charge is -2.26. The zero-order valence-electron chi connectivity index (χ0n) is 8.40. The van der Waals surface area contributed by atoms with E-state index in [4.69, 9.17) is 11.6 Å². The van der Waals surface area contributed by atoms with Crippen molar-refractivity contribution >= 4 is 17.5 Å². The topological polar surface area (TPSA) is 46.9 Å². The number of halogens is 5. The van der Waals surface area contributed by atoms with Crippen molar-refractivity contribution in [3.05, 3.63) is 21.3 Å². The molecule has 0 saturated carbocycles. The minimum atomic E-state index is -4.60. The number of alkyl halides is 3. The Morgan fingerprint density at radius 2 is 2.12 bits per heavy atom. The van der Waals surface area contributed by atoms with Crippen molar-refractivity contribution in [2.75, 3.05) is 5.32 Å². The lowest BCUT2D eigenvalue weighted by molar-refractivity contribution is -0.174. The maximum absolute atomic E-state index is 13.1. The molecule has 0 amide bonds. The van der Waals surface area contributed by atoms with Gasteiger partial charge in [0.05, 0.1) is 6.54 Å². The molecular formula is C8H6ClF4N3O. The van der Waals surface area contributed by atoms with Crippen molar-refractivity contribution < 1.29 is 17.6 Å². The van der Waals surface area contributed by atoms with E-state index in [0.717, 1.165) is 6.92 Å². The second-order valence-electron chi connectivity index (χ2n) is 3.89. The molecule has 0 bridgehead atoms. The van der Waals surface area contributed by atoms with Crippen LogP contribution in [0.5, 0.6) is 0 Å². The molecule has 1 aromatic rings. The molecule has 1 aliphatic rings. The second-order valence-corrected chi connectivity index (χ2v) is 4.24. The number of rotatable bonds is 0. The van der Waals surface area contributed by atoms with E-state index in [9.17, 15) is 22.4 Å². The molecule has 0 spiro atoms. The zero-order chi connectivity index (χ0) is 13.0. The Balaban J connectivity index is 2.55. The first-order valence-electron chi connectivity index (χ1n) is 4.46. The molecule has 0 fully saturated rings. The van der Waals surface area contributed by atoms with Crippen LogP contribution in [0.2, 0.25) is 5.15 Å². The van der Waals surface area contributed by atoms with Gasteiger partial charge in [-0.3, -0.25) is 9.36 Å². The fourth-order valence-corrected chi connectivity index (χ4v) is 1.67. The molecule has 0 aliphatic carbocycles. The van der Waals surface area contributed by atoms with Gasteiger partial charge in [0.1, 0.15) is 0 Å². The Kier molecular flexibility index (Phi) is 2.39. The van der Waals surface area contributed by atoms with Crippen molar-refractivity contribution in [3.63, 3.8) is 0 Å². The van der Waals surface area contributed by atoms with Gasteiger partial charge in [-0.25, -0.2) is 0 Å². The fourth-order valence-electron chi connectivity index (χ4n) is 1.51.